The largest absolute Gasteiger partial charge is 0.325 e. The molecule has 4 nitrogen and oxygen atoms in total. The molecule has 0 aliphatic heterocycles. The minimum atomic E-state index is -0.318. The van der Waals surface area contributed by atoms with Gasteiger partial charge in [0.1, 0.15) is 0 Å². The van der Waals surface area contributed by atoms with E-state index in [1.165, 1.54) is 18.4 Å². The number of nitriles is 1. The van der Waals surface area contributed by atoms with E-state index in [0.29, 0.717) is 17.2 Å². The van der Waals surface area contributed by atoms with Gasteiger partial charge in [0.05, 0.1) is 17.7 Å². The zero-order chi connectivity index (χ0) is 16.9. The van der Waals surface area contributed by atoms with Crippen LogP contribution in [-0.2, 0) is 4.79 Å². The van der Waals surface area contributed by atoms with Crippen molar-refractivity contribution in [3.05, 3.63) is 65.7 Å². The van der Waals surface area contributed by atoms with Crippen LogP contribution in [0.2, 0.25) is 0 Å². The van der Waals surface area contributed by atoms with Crippen LogP contribution in [0.25, 0.3) is 0 Å². The lowest BCUT2D eigenvalue weighted by molar-refractivity contribution is -0.118. The number of anilines is 1. The van der Waals surface area contributed by atoms with Gasteiger partial charge in [0.25, 0.3) is 0 Å². The maximum Gasteiger partial charge on any atom is 0.241 e. The molecule has 122 valence electrons. The molecule has 2 aromatic rings. The summed E-state index contributed by atoms with van der Waals surface area (Å²) in [7, 11) is 0. The van der Waals surface area contributed by atoms with Gasteiger partial charge in [0.2, 0.25) is 5.91 Å². The van der Waals surface area contributed by atoms with Crippen molar-refractivity contribution < 1.29 is 4.79 Å². The Balaban J connectivity index is 1.65. The zero-order valence-electron chi connectivity index (χ0n) is 13.7. The molecule has 2 atom stereocenters. The van der Waals surface area contributed by atoms with Crippen LogP contribution in [0.3, 0.4) is 0 Å². The van der Waals surface area contributed by atoms with Crippen LogP contribution in [0.1, 0.15) is 36.9 Å². The van der Waals surface area contributed by atoms with Gasteiger partial charge in [0, 0.05) is 11.7 Å². The van der Waals surface area contributed by atoms with E-state index in [2.05, 4.69) is 28.8 Å². The molecule has 0 heterocycles. The third-order valence-corrected chi connectivity index (χ3v) is 4.33. The van der Waals surface area contributed by atoms with E-state index in [1.807, 2.05) is 25.1 Å². The first-order valence-electron chi connectivity index (χ1n) is 8.29. The van der Waals surface area contributed by atoms with Crippen LogP contribution in [0, 0.1) is 17.2 Å². The SMILES string of the molecule is CC(NC(c1ccccc1)C1CC1)C(=O)Nc1cccc(C#N)c1. The van der Waals surface area contributed by atoms with Gasteiger partial charge in [-0.3, -0.25) is 10.1 Å². The summed E-state index contributed by atoms with van der Waals surface area (Å²) in [6.45, 7) is 1.88. The van der Waals surface area contributed by atoms with Gasteiger partial charge in [-0.1, -0.05) is 36.4 Å². The second-order valence-corrected chi connectivity index (χ2v) is 6.30. The Morgan fingerprint density at radius 3 is 2.58 bits per heavy atom. The Morgan fingerprint density at radius 2 is 1.92 bits per heavy atom. The lowest BCUT2D eigenvalue weighted by Crippen LogP contribution is -2.40. The standard InChI is InChI=1S/C20H21N3O/c1-14(20(24)23-18-9-5-6-15(12-18)13-21)22-19(17-10-11-17)16-7-3-2-4-8-16/h2-9,12,14,17,19,22H,10-11H2,1H3,(H,23,24). The molecule has 1 aliphatic carbocycles. The molecule has 0 spiro atoms. The monoisotopic (exact) mass is 319 g/mol. The predicted octanol–water partition coefficient (Wildman–Crippen LogP) is 3.63. The van der Waals surface area contributed by atoms with Crippen molar-refractivity contribution in [1.29, 1.82) is 5.26 Å². The van der Waals surface area contributed by atoms with Crippen LogP contribution in [0.4, 0.5) is 5.69 Å². The van der Waals surface area contributed by atoms with Crippen LogP contribution in [0.5, 0.6) is 0 Å². The Morgan fingerprint density at radius 1 is 1.17 bits per heavy atom. The highest BCUT2D eigenvalue weighted by molar-refractivity contribution is 5.94. The number of hydrogen-bond acceptors (Lipinski definition) is 3. The number of carbonyl (C=O) groups is 1. The molecule has 1 fully saturated rings. The minimum absolute atomic E-state index is 0.0910. The van der Waals surface area contributed by atoms with Crippen molar-refractivity contribution in [2.24, 2.45) is 5.92 Å². The van der Waals surface area contributed by atoms with Crippen molar-refractivity contribution in [2.75, 3.05) is 5.32 Å². The maximum absolute atomic E-state index is 12.5. The first-order valence-corrected chi connectivity index (χ1v) is 8.29. The molecule has 3 rings (SSSR count). The van der Waals surface area contributed by atoms with Crippen molar-refractivity contribution in [3.63, 3.8) is 0 Å². The number of amides is 1. The fourth-order valence-electron chi connectivity index (χ4n) is 2.86. The molecule has 4 heteroatoms. The van der Waals surface area contributed by atoms with Gasteiger partial charge in [-0.05, 0) is 49.4 Å². The van der Waals surface area contributed by atoms with Gasteiger partial charge in [-0.15, -0.1) is 0 Å². The Hall–Kier alpha value is -2.64. The third kappa shape index (κ3) is 4.01. The highest BCUT2D eigenvalue weighted by atomic mass is 16.2. The number of benzene rings is 2. The number of nitrogens with one attached hydrogen (secondary N) is 2. The summed E-state index contributed by atoms with van der Waals surface area (Å²) in [5.41, 5.74) is 2.41. The van der Waals surface area contributed by atoms with Crippen molar-refractivity contribution in [3.8, 4) is 6.07 Å². The number of hydrogen-bond donors (Lipinski definition) is 2. The topological polar surface area (TPSA) is 64.9 Å². The summed E-state index contributed by atoms with van der Waals surface area (Å²) < 4.78 is 0. The van der Waals surface area contributed by atoms with Crippen LogP contribution < -0.4 is 10.6 Å². The van der Waals surface area contributed by atoms with Gasteiger partial charge < -0.3 is 5.32 Å². The van der Waals surface area contributed by atoms with Crippen LogP contribution in [-0.4, -0.2) is 11.9 Å². The van der Waals surface area contributed by atoms with Gasteiger partial charge in [-0.25, -0.2) is 0 Å². The molecule has 2 unspecified atom stereocenters. The molecule has 0 radical (unpaired) electrons. The van der Waals surface area contributed by atoms with E-state index >= 15 is 0 Å². The molecule has 2 N–H and O–H groups in total. The second-order valence-electron chi connectivity index (χ2n) is 6.30. The lowest BCUT2D eigenvalue weighted by atomic mass is 10.0. The lowest BCUT2D eigenvalue weighted by Gasteiger charge is -2.23. The molecule has 0 aromatic heterocycles. The first-order chi connectivity index (χ1) is 11.7. The van der Waals surface area contributed by atoms with E-state index in [9.17, 15) is 4.79 Å². The molecule has 24 heavy (non-hydrogen) atoms. The summed E-state index contributed by atoms with van der Waals surface area (Å²) in [6.07, 6.45) is 2.40. The highest BCUT2D eigenvalue weighted by Gasteiger charge is 2.33. The average molecular weight is 319 g/mol. The number of carbonyl (C=O) groups excluding carboxylic acids is 1. The molecule has 0 bridgehead atoms. The van der Waals surface area contributed by atoms with E-state index in [4.69, 9.17) is 5.26 Å². The van der Waals surface area contributed by atoms with Gasteiger partial charge >= 0.3 is 0 Å². The maximum atomic E-state index is 12.5. The predicted molar refractivity (Wildman–Crippen MR) is 94.3 cm³/mol. The van der Waals surface area contributed by atoms with Gasteiger partial charge in [-0.2, -0.15) is 5.26 Å². The molecular formula is C20H21N3O. The highest BCUT2D eigenvalue weighted by Crippen LogP contribution is 2.41. The third-order valence-electron chi connectivity index (χ3n) is 4.33. The number of nitrogens with zero attached hydrogens (tertiary/aromatic N) is 1. The van der Waals surface area contributed by atoms with Crippen molar-refractivity contribution >= 4 is 11.6 Å². The summed E-state index contributed by atoms with van der Waals surface area (Å²) in [5, 5.41) is 15.3. The molecule has 1 saturated carbocycles. The summed E-state index contributed by atoms with van der Waals surface area (Å²) >= 11 is 0. The molecule has 1 amide bonds. The summed E-state index contributed by atoms with van der Waals surface area (Å²) in [4.78, 5) is 12.5. The smallest absolute Gasteiger partial charge is 0.241 e. The fraction of sp³-hybridized carbons (Fsp3) is 0.300. The van der Waals surface area contributed by atoms with Crippen molar-refractivity contribution in [1.82, 2.24) is 5.32 Å². The first kappa shape index (κ1) is 16.2. The van der Waals surface area contributed by atoms with Crippen molar-refractivity contribution in [2.45, 2.75) is 31.8 Å². The van der Waals surface area contributed by atoms with Crippen LogP contribution >= 0.6 is 0 Å². The Bertz CT molecular complexity index is 747. The van der Waals surface area contributed by atoms with E-state index in [-0.39, 0.29) is 18.0 Å². The zero-order valence-corrected chi connectivity index (χ0v) is 13.7. The normalized spacial score (nSPS) is 16.0. The molecule has 1 aliphatic rings. The quantitative estimate of drug-likeness (QED) is 0.854. The Labute approximate surface area is 142 Å². The Kier molecular flexibility index (Phi) is 4.93. The fourth-order valence-corrected chi connectivity index (χ4v) is 2.86. The molecular weight excluding hydrogens is 298 g/mol. The van der Waals surface area contributed by atoms with E-state index in [1.54, 1.807) is 24.3 Å². The second kappa shape index (κ2) is 7.29. The van der Waals surface area contributed by atoms with Crippen LogP contribution in [0.15, 0.2) is 54.6 Å². The van der Waals surface area contributed by atoms with E-state index in [0.717, 1.165) is 0 Å². The summed E-state index contributed by atoms with van der Waals surface area (Å²) in [5.74, 6) is 0.510. The number of rotatable bonds is 6. The minimum Gasteiger partial charge on any atom is -0.325 e. The summed E-state index contributed by atoms with van der Waals surface area (Å²) in [6, 6.07) is 19.2. The molecule has 2 aromatic carbocycles. The average Bonchev–Trinajstić information content (AvgIpc) is 3.45. The van der Waals surface area contributed by atoms with Gasteiger partial charge in [0.15, 0.2) is 0 Å². The van der Waals surface area contributed by atoms with E-state index < -0.39 is 0 Å². The molecule has 0 saturated heterocycles.